The van der Waals surface area contributed by atoms with Crippen molar-refractivity contribution in [1.82, 2.24) is 94.8 Å². The van der Waals surface area contributed by atoms with Crippen LogP contribution in [0.15, 0.2) is 73.2 Å². The SMILES string of the molecule is Cc1cc(Nc2nc(Cc3cc(C)c(C4CCN(C(=O)[C@@H]5CC(O)CN5C)CC4)cc3F)ncc2Cl)n[nH]1.Cc1cc(Nc2nc(Cc3cc(C)c(C4CCN(C5CCN(C(=O)OC(C)(C)C)C5)CC4)cc3F)ncc2Cl)n[nH]1.Cc1cc(Nc2nc(Nc3cc(C)c(C4CCN(C(=O)c5c(C)nn(C)c5C)CC4)cc3F)ncc2Cl)n[nH]1. The number of carbonyl (C=O) groups excluding carboxylic acids is 3. The molecule has 2 unspecified atom stereocenters. The Labute approximate surface area is 699 Å². The van der Waals surface area contributed by atoms with Gasteiger partial charge in [0.2, 0.25) is 11.9 Å². The fourth-order valence-electron chi connectivity index (χ4n) is 16.5. The predicted molar refractivity (Wildman–Crippen MR) is 449 cm³/mol. The van der Waals surface area contributed by atoms with Gasteiger partial charge in [-0.05, 0) is 234 Å². The van der Waals surface area contributed by atoms with Gasteiger partial charge in [-0.15, -0.1) is 0 Å². The van der Waals surface area contributed by atoms with E-state index in [-0.39, 0.29) is 71.9 Å². The number of anilines is 8. The minimum absolute atomic E-state index is 0.0123. The maximum Gasteiger partial charge on any atom is 0.410 e. The zero-order chi connectivity index (χ0) is 84.1. The first-order chi connectivity index (χ1) is 56.2. The molecule has 12 heterocycles. The molecular formula is C84H103Cl3F3N23O5. The van der Waals surface area contributed by atoms with Gasteiger partial charge in [0.15, 0.2) is 34.9 Å². The molecular weight excluding hydrogens is 1570 g/mol. The average Bonchev–Trinajstić information content (AvgIpc) is 1.38. The lowest BCUT2D eigenvalue weighted by molar-refractivity contribution is -0.136. The summed E-state index contributed by atoms with van der Waals surface area (Å²) in [6, 6.07) is 16.1. The summed E-state index contributed by atoms with van der Waals surface area (Å²) in [6.45, 7) is 27.5. The standard InChI is InChI=1S/C30H39ClFN7O2.C27H31ClFN9O.C27H33ClFN7O2/c1-18-12-21(14-26-33-16-24(31)28(34-26)35-27-13-19(2)36-37-27)25(32)15-23(18)20-6-9-38(10-7-20)22-8-11-39(17-22)29(40)41-30(3,4)5;1-14-10-22(31-27-30-13-20(28)25(33-27)32-23-11-15(2)34-35-23)21(29)12-19(14)18-6-8-38(9-7-18)26(39)24-16(3)36-37(5)17(24)4;1-15-8-18(10-24-30-13-21(28)26(31-24)32-25-9-16(2)33-34-25)22(29)12-20(15)17-4-6-36(7-5-17)27(38)23-11-19(37)14-35(23)3/h12-13,15-16,20,22H,6-11,14,17H2,1-5H3,(H2,33,34,35,36,37);10-13,18H,6-9H2,1-5H3,(H3,30,31,32,33,34,35);8-9,12-13,17,19,23,37H,4-7,10-11,14H2,1-3H3,(H2,30,31,32,33,34)/t;;19?,23-/m..0/s1. The minimum Gasteiger partial charge on any atom is -0.444 e. The summed E-state index contributed by atoms with van der Waals surface area (Å²) < 4.78 is 53.2. The molecule has 5 aliphatic heterocycles. The van der Waals surface area contributed by atoms with Gasteiger partial charge in [0.25, 0.3) is 5.91 Å². The number of aliphatic hydroxyl groups is 1. The fourth-order valence-corrected chi connectivity index (χ4v) is 16.9. The van der Waals surface area contributed by atoms with Crippen molar-refractivity contribution in [3.8, 4) is 0 Å². The molecule has 118 heavy (non-hydrogen) atoms. The lowest BCUT2D eigenvalue weighted by atomic mass is 9.85. The van der Waals surface area contributed by atoms with Gasteiger partial charge < -0.3 is 45.8 Å². The van der Waals surface area contributed by atoms with E-state index < -0.39 is 17.5 Å². The third kappa shape index (κ3) is 20.9. The number of nitrogens with zero attached hydrogens (tertiary/aromatic N) is 16. The second-order valence-corrected chi connectivity index (χ2v) is 33.9. The molecule has 0 aliphatic carbocycles. The molecule has 34 heteroatoms. The Morgan fingerprint density at radius 3 is 1.42 bits per heavy atom. The molecule has 10 aromatic rings. The summed E-state index contributed by atoms with van der Waals surface area (Å²) in [5.41, 5.74) is 11.9. The van der Waals surface area contributed by atoms with Crippen molar-refractivity contribution in [2.24, 2.45) is 7.05 Å². The van der Waals surface area contributed by atoms with E-state index in [0.29, 0.717) is 136 Å². The Bertz CT molecular complexity index is 5280. The fraction of sp³-hybridized carbons (Fsp3) is 0.464. The van der Waals surface area contributed by atoms with Crippen LogP contribution < -0.4 is 21.3 Å². The van der Waals surface area contributed by atoms with Gasteiger partial charge >= 0.3 is 6.09 Å². The summed E-state index contributed by atoms with van der Waals surface area (Å²) >= 11 is 18.8. The summed E-state index contributed by atoms with van der Waals surface area (Å²) in [7, 11) is 3.73. The van der Waals surface area contributed by atoms with Crippen LogP contribution in [0.3, 0.4) is 0 Å². The average molecular weight is 1680 g/mol. The number of halogens is 6. The number of piperidine rings is 3. The molecule has 3 amide bonds. The van der Waals surface area contributed by atoms with Crippen molar-refractivity contribution >= 4 is 99.3 Å². The predicted octanol–water partition coefficient (Wildman–Crippen LogP) is 15.3. The number of likely N-dealkylation sites (N-methyl/N-ethyl adjacent to an activating group) is 1. The molecule has 5 aliphatic rings. The molecule has 8 N–H and O–H groups in total. The molecule has 28 nitrogen and oxygen atoms in total. The molecule has 0 saturated carbocycles. The van der Waals surface area contributed by atoms with Crippen molar-refractivity contribution in [3.63, 3.8) is 0 Å². The van der Waals surface area contributed by atoms with Crippen LogP contribution in [-0.2, 0) is 29.4 Å². The zero-order valence-corrected chi connectivity index (χ0v) is 71.1. The van der Waals surface area contributed by atoms with Crippen LogP contribution in [0.25, 0.3) is 0 Å². The lowest BCUT2D eigenvalue weighted by Gasteiger charge is -2.36. The number of aliphatic hydroxyl groups excluding tert-OH is 1. The highest BCUT2D eigenvalue weighted by Gasteiger charge is 2.39. The number of aromatic amines is 3. The number of likely N-dealkylation sites (tertiary alicyclic amines) is 5. The third-order valence-electron chi connectivity index (χ3n) is 22.7. The number of rotatable bonds is 18. The van der Waals surface area contributed by atoms with E-state index in [1.54, 1.807) is 28.9 Å². The third-order valence-corrected chi connectivity index (χ3v) is 23.5. The summed E-state index contributed by atoms with van der Waals surface area (Å²) in [6.07, 6.45) is 10.7. The number of carbonyl (C=O) groups is 3. The monoisotopic (exact) mass is 1680 g/mol. The number of aryl methyl sites for hydroxylation is 8. The van der Waals surface area contributed by atoms with Crippen molar-refractivity contribution in [2.45, 2.75) is 182 Å². The van der Waals surface area contributed by atoms with E-state index in [9.17, 15) is 19.5 Å². The Hall–Kier alpha value is -10.3. The van der Waals surface area contributed by atoms with Gasteiger partial charge in [-0.25, -0.2) is 42.9 Å². The largest absolute Gasteiger partial charge is 0.444 e. The lowest BCUT2D eigenvalue weighted by Crippen LogP contribution is -2.47. The molecule has 5 saturated heterocycles. The molecule has 15 rings (SSSR count). The molecule has 3 aromatic carbocycles. The van der Waals surface area contributed by atoms with Crippen molar-refractivity contribution < 1.29 is 37.4 Å². The number of hydrogen-bond acceptors (Lipinski definition) is 21. The summed E-state index contributed by atoms with van der Waals surface area (Å²) in [5.74, 6) is 3.88. The highest BCUT2D eigenvalue weighted by Crippen LogP contribution is 2.39. The molecule has 626 valence electrons. The number of hydrogen-bond donors (Lipinski definition) is 8. The highest BCUT2D eigenvalue weighted by atomic mass is 35.5. The molecule has 0 radical (unpaired) electrons. The highest BCUT2D eigenvalue weighted by molar-refractivity contribution is 6.33. The first kappa shape index (κ1) is 85.6. The van der Waals surface area contributed by atoms with E-state index >= 15 is 13.2 Å². The van der Waals surface area contributed by atoms with E-state index in [4.69, 9.17) is 39.5 Å². The Balaban J connectivity index is 0.000000154. The maximum absolute atomic E-state index is 15.4. The van der Waals surface area contributed by atoms with Crippen LogP contribution in [-0.4, -0.2) is 208 Å². The van der Waals surface area contributed by atoms with Crippen LogP contribution >= 0.6 is 34.8 Å². The number of ether oxygens (including phenoxy) is 1. The summed E-state index contributed by atoms with van der Waals surface area (Å²) in [5, 5.41) is 48.4. The normalized spacial score (nSPS) is 17.8. The summed E-state index contributed by atoms with van der Waals surface area (Å²) in [4.78, 5) is 74.8. The maximum atomic E-state index is 15.4. The van der Waals surface area contributed by atoms with E-state index in [2.05, 4.69) is 98.7 Å². The Morgan fingerprint density at radius 1 is 0.542 bits per heavy atom. The number of aromatic nitrogens is 14. The topological polar surface area (TPSA) is 326 Å². The van der Waals surface area contributed by atoms with Crippen molar-refractivity contribution in [1.29, 1.82) is 0 Å². The first-order valence-corrected chi connectivity index (χ1v) is 41.1. The Morgan fingerprint density at radius 2 is 0.983 bits per heavy atom. The van der Waals surface area contributed by atoms with Gasteiger partial charge in [-0.1, -0.05) is 46.9 Å². The zero-order valence-electron chi connectivity index (χ0n) is 68.8. The smallest absolute Gasteiger partial charge is 0.410 e. The van der Waals surface area contributed by atoms with Crippen LogP contribution in [0.1, 0.15) is 185 Å². The van der Waals surface area contributed by atoms with E-state index in [1.165, 1.54) is 18.6 Å². The van der Waals surface area contributed by atoms with Gasteiger partial charge in [-0.2, -0.15) is 25.4 Å². The Kier molecular flexibility index (Phi) is 26.8. The second-order valence-electron chi connectivity index (χ2n) is 32.7. The van der Waals surface area contributed by atoms with Gasteiger partial charge in [-0.3, -0.25) is 39.4 Å². The molecule has 0 bridgehead atoms. The number of β-amino-alcohol motifs (C(OH)–C–C–N with tert-alkyl or cyclic N) is 1. The second kappa shape index (κ2) is 36.9. The van der Waals surface area contributed by atoms with E-state index in [1.807, 2.05) is 133 Å². The van der Waals surface area contributed by atoms with Crippen LogP contribution in [0, 0.1) is 72.8 Å². The van der Waals surface area contributed by atoms with Crippen molar-refractivity contribution in [2.75, 3.05) is 87.2 Å². The number of H-pyrrole nitrogens is 3. The number of nitrogens with one attached hydrogen (secondary N) is 7. The first-order valence-electron chi connectivity index (χ1n) is 40.0. The van der Waals surface area contributed by atoms with Crippen LogP contribution in [0.5, 0.6) is 0 Å². The molecule has 3 atom stereocenters. The van der Waals surface area contributed by atoms with Gasteiger partial charge in [0.05, 0.1) is 47.7 Å². The molecule has 5 fully saturated rings. The van der Waals surface area contributed by atoms with Crippen molar-refractivity contribution in [3.05, 3.63) is 196 Å². The quantitative estimate of drug-likeness (QED) is 0.0396. The van der Waals surface area contributed by atoms with E-state index in [0.717, 1.165) is 126 Å². The number of amides is 3. The van der Waals surface area contributed by atoms with Gasteiger partial charge in [0.1, 0.15) is 49.8 Å². The van der Waals surface area contributed by atoms with Gasteiger partial charge in [0, 0.05) is 113 Å². The molecule has 0 spiro atoms. The number of benzene rings is 3. The van der Waals surface area contributed by atoms with Crippen LogP contribution in [0.2, 0.25) is 15.1 Å². The minimum atomic E-state index is -0.488. The van der Waals surface area contributed by atoms with Crippen LogP contribution in [0.4, 0.5) is 64.5 Å². The molecule has 7 aromatic heterocycles.